The Kier molecular flexibility index (Phi) is 2.72. The van der Waals surface area contributed by atoms with Crippen LogP contribution in [0.3, 0.4) is 0 Å². The van der Waals surface area contributed by atoms with Gasteiger partial charge in [-0.3, -0.25) is 0 Å². The van der Waals surface area contributed by atoms with Crippen molar-refractivity contribution in [3.63, 3.8) is 0 Å². The molecule has 1 N–H and O–H groups in total. The first-order valence-corrected chi connectivity index (χ1v) is 5.87. The maximum atomic E-state index is 5.33. The van der Waals surface area contributed by atoms with Crippen molar-refractivity contribution in [3.05, 3.63) is 42.8 Å². The number of nitrogens with one attached hydrogen (secondary N) is 1. The van der Waals surface area contributed by atoms with Crippen molar-refractivity contribution in [1.29, 1.82) is 0 Å². The molecule has 0 aliphatic carbocycles. The number of hydrogen-bond acceptors (Lipinski definition) is 4. The molecule has 0 aliphatic rings. The van der Waals surface area contributed by atoms with Gasteiger partial charge in [-0.25, -0.2) is 9.97 Å². The number of aryl methyl sites for hydroxylation is 1. The first-order chi connectivity index (χ1) is 8.84. The molecule has 0 unspecified atom stereocenters. The van der Waals surface area contributed by atoms with Crippen molar-refractivity contribution in [2.75, 3.05) is 11.9 Å². The van der Waals surface area contributed by atoms with E-state index < -0.39 is 0 Å². The van der Waals surface area contributed by atoms with Crippen LogP contribution in [0.25, 0.3) is 11.0 Å². The number of furan rings is 1. The minimum Gasteiger partial charge on any atom is -0.464 e. The third-order valence-corrected chi connectivity index (χ3v) is 2.94. The molecule has 0 atom stereocenters. The lowest BCUT2D eigenvalue weighted by atomic mass is 10.3. The molecule has 0 saturated carbocycles. The van der Waals surface area contributed by atoms with Crippen molar-refractivity contribution in [2.24, 2.45) is 7.05 Å². The molecule has 0 amide bonds. The second kappa shape index (κ2) is 4.52. The number of imidazole rings is 1. The van der Waals surface area contributed by atoms with Crippen molar-refractivity contribution in [3.8, 4) is 0 Å². The summed E-state index contributed by atoms with van der Waals surface area (Å²) in [6.07, 6.45) is 8.04. The summed E-state index contributed by atoms with van der Waals surface area (Å²) in [6, 6.07) is 3.78. The Morgan fingerprint density at radius 3 is 3.06 bits per heavy atom. The maximum Gasteiger partial charge on any atom is 0.139 e. The molecule has 5 nitrogen and oxygen atoms in total. The molecule has 0 aromatic carbocycles. The second-order valence-electron chi connectivity index (χ2n) is 4.12. The van der Waals surface area contributed by atoms with Crippen molar-refractivity contribution >= 4 is 16.8 Å². The minimum absolute atomic E-state index is 0.794. The van der Waals surface area contributed by atoms with Crippen molar-refractivity contribution < 1.29 is 4.42 Å². The second-order valence-corrected chi connectivity index (χ2v) is 4.12. The largest absolute Gasteiger partial charge is 0.464 e. The lowest BCUT2D eigenvalue weighted by Crippen LogP contribution is -2.09. The summed E-state index contributed by atoms with van der Waals surface area (Å²) >= 11 is 0. The Balaban J connectivity index is 1.70. The van der Waals surface area contributed by atoms with Crippen LogP contribution in [0, 0.1) is 0 Å². The summed E-state index contributed by atoms with van der Waals surface area (Å²) in [7, 11) is 2.00. The molecule has 18 heavy (non-hydrogen) atoms. The fourth-order valence-corrected chi connectivity index (χ4v) is 1.97. The van der Waals surface area contributed by atoms with E-state index in [0.717, 1.165) is 35.6 Å². The van der Waals surface area contributed by atoms with Crippen LogP contribution in [0.1, 0.15) is 5.82 Å². The molecular formula is C13H14N4O. The lowest BCUT2D eigenvalue weighted by molar-refractivity contribution is 0.615. The van der Waals surface area contributed by atoms with Gasteiger partial charge in [0.2, 0.25) is 0 Å². The highest BCUT2D eigenvalue weighted by atomic mass is 16.3. The molecule has 0 bridgehead atoms. The smallest absolute Gasteiger partial charge is 0.139 e. The molecule has 0 spiro atoms. The number of hydrogen-bond donors (Lipinski definition) is 1. The molecule has 0 saturated heterocycles. The Bertz CT molecular complexity index is 656. The highest BCUT2D eigenvalue weighted by Crippen LogP contribution is 2.21. The molecule has 0 fully saturated rings. The standard InChI is InChI=1S/C13H14N4O/c1-17-8-7-14-12(17)3-6-16-13-10-4-9-18-11(10)2-5-15-13/h2,4-5,7-9H,3,6H2,1H3,(H,15,16). The zero-order valence-corrected chi connectivity index (χ0v) is 10.1. The van der Waals surface area contributed by atoms with Gasteiger partial charge >= 0.3 is 0 Å². The highest BCUT2D eigenvalue weighted by Gasteiger charge is 2.04. The normalized spacial score (nSPS) is 10.9. The van der Waals surface area contributed by atoms with E-state index in [1.165, 1.54) is 0 Å². The van der Waals surface area contributed by atoms with Crippen LogP contribution in [0.4, 0.5) is 5.82 Å². The van der Waals surface area contributed by atoms with Crippen LogP contribution in [0.15, 0.2) is 41.4 Å². The third kappa shape index (κ3) is 1.95. The topological polar surface area (TPSA) is 55.9 Å². The predicted octanol–water partition coefficient (Wildman–Crippen LogP) is 2.22. The Morgan fingerprint density at radius 2 is 2.22 bits per heavy atom. The van der Waals surface area contributed by atoms with Gasteiger partial charge in [-0.1, -0.05) is 0 Å². The van der Waals surface area contributed by atoms with Crippen LogP contribution >= 0.6 is 0 Å². The number of pyridine rings is 1. The predicted molar refractivity (Wildman–Crippen MR) is 69.4 cm³/mol. The van der Waals surface area contributed by atoms with Gasteiger partial charge < -0.3 is 14.3 Å². The summed E-state index contributed by atoms with van der Waals surface area (Å²) < 4.78 is 7.35. The quantitative estimate of drug-likeness (QED) is 0.762. The zero-order valence-electron chi connectivity index (χ0n) is 10.1. The molecule has 0 radical (unpaired) electrons. The van der Waals surface area contributed by atoms with Gasteiger partial charge in [0.05, 0.1) is 11.6 Å². The first-order valence-electron chi connectivity index (χ1n) is 5.87. The lowest BCUT2D eigenvalue weighted by Gasteiger charge is -2.06. The van der Waals surface area contributed by atoms with E-state index in [1.807, 2.05) is 36.1 Å². The van der Waals surface area contributed by atoms with E-state index in [2.05, 4.69) is 15.3 Å². The van der Waals surface area contributed by atoms with Gasteiger partial charge in [-0.15, -0.1) is 0 Å². The Labute approximate surface area is 104 Å². The molecule has 3 aromatic heterocycles. The van der Waals surface area contributed by atoms with E-state index in [4.69, 9.17) is 4.42 Å². The van der Waals surface area contributed by atoms with Crippen LogP contribution in [0.2, 0.25) is 0 Å². The number of rotatable bonds is 4. The molecule has 3 aromatic rings. The number of aromatic nitrogens is 3. The molecule has 3 rings (SSSR count). The summed E-state index contributed by atoms with van der Waals surface area (Å²) in [4.78, 5) is 8.61. The first kappa shape index (κ1) is 10.8. The average molecular weight is 242 g/mol. The monoisotopic (exact) mass is 242 g/mol. The van der Waals surface area contributed by atoms with Gasteiger partial charge in [0.15, 0.2) is 0 Å². The summed E-state index contributed by atoms with van der Waals surface area (Å²) in [5.74, 6) is 1.91. The van der Waals surface area contributed by atoms with Crippen LogP contribution < -0.4 is 5.32 Å². The van der Waals surface area contributed by atoms with Crippen molar-refractivity contribution in [1.82, 2.24) is 14.5 Å². The average Bonchev–Trinajstić information content (AvgIpc) is 2.99. The van der Waals surface area contributed by atoms with Gasteiger partial charge in [-0.05, 0) is 12.1 Å². The molecule has 92 valence electrons. The van der Waals surface area contributed by atoms with Crippen molar-refractivity contribution in [2.45, 2.75) is 6.42 Å². The third-order valence-electron chi connectivity index (χ3n) is 2.94. The summed E-state index contributed by atoms with van der Waals surface area (Å²) in [5.41, 5.74) is 0.851. The zero-order chi connectivity index (χ0) is 12.4. The molecular weight excluding hydrogens is 228 g/mol. The summed E-state index contributed by atoms with van der Waals surface area (Å²) in [5, 5.41) is 4.33. The van der Waals surface area contributed by atoms with E-state index in [9.17, 15) is 0 Å². The molecule has 0 aliphatic heterocycles. The number of fused-ring (bicyclic) bond motifs is 1. The van der Waals surface area contributed by atoms with E-state index in [-0.39, 0.29) is 0 Å². The SMILES string of the molecule is Cn1ccnc1CCNc1nccc2occc12. The van der Waals surface area contributed by atoms with Gasteiger partial charge in [-0.2, -0.15) is 0 Å². The number of anilines is 1. The molecule has 3 heterocycles. The van der Waals surface area contributed by atoms with Gasteiger partial charge in [0.25, 0.3) is 0 Å². The number of nitrogens with zero attached hydrogens (tertiary/aromatic N) is 3. The van der Waals surface area contributed by atoms with E-state index in [0.29, 0.717) is 0 Å². The van der Waals surface area contributed by atoms with Gasteiger partial charge in [0, 0.05) is 38.6 Å². The van der Waals surface area contributed by atoms with Crippen LogP contribution in [-0.2, 0) is 13.5 Å². The fourth-order valence-electron chi connectivity index (χ4n) is 1.97. The maximum absolute atomic E-state index is 5.33. The summed E-state index contributed by atoms with van der Waals surface area (Å²) in [6.45, 7) is 0.794. The minimum atomic E-state index is 0.794. The van der Waals surface area contributed by atoms with Gasteiger partial charge in [0.1, 0.15) is 17.2 Å². The Morgan fingerprint density at radius 1 is 1.28 bits per heavy atom. The van der Waals surface area contributed by atoms with Crippen LogP contribution in [-0.4, -0.2) is 21.1 Å². The highest BCUT2D eigenvalue weighted by molar-refractivity contribution is 5.87. The van der Waals surface area contributed by atoms with E-state index >= 15 is 0 Å². The van der Waals surface area contributed by atoms with Crippen LogP contribution in [0.5, 0.6) is 0 Å². The molecule has 5 heteroatoms. The fraction of sp³-hybridized carbons (Fsp3) is 0.231. The van der Waals surface area contributed by atoms with E-state index in [1.54, 1.807) is 12.5 Å². The Hall–Kier alpha value is -2.30.